The first-order chi connectivity index (χ1) is 8.77. The third kappa shape index (κ3) is 14.2. The van der Waals surface area contributed by atoms with Gasteiger partial charge in [0.25, 0.3) is 0 Å². The standard InChI is InChI=1S/C13H15.C5H5.7CH3.Hf/c1-10(2)9-12-8-7-11-5-3-4-6-13(11)12;1-2-4-5-3-1;;;;;;;;/h3-8,10H,9H2,1-2H3;1-5H;7*1H3;/q9*-1;. The molecule has 0 spiro atoms. The number of hydrogen-bond acceptors (Lipinski definition) is 0. The van der Waals surface area contributed by atoms with Crippen molar-refractivity contribution in [2.75, 3.05) is 0 Å². The average molecular weight is 520 g/mol. The summed E-state index contributed by atoms with van der Waals surface area (Å²) in [7, 11) is 0. The van der Waals surface area contributed by atoms with Crippen LogP contribution in [-0.4, -0.2) is 0 Å². The van der Waals surface area contributed by atoms with E-state index in [1.165, 1.54) is 22.8 Å². The summed E-state index contributed by atoms with van der Waals surface area (Å²) in [6.45, 7) is 4.53. The monoisotopic (exact) mass is 521 g/mol. The number of fused-ring (bicyclic) bond motifs is 1. The van der Waals surface area contributed by atoms with Gasteiger partial charge in [0.2, 0.25) is 0 Å². The van der Waals surface area contributed by atoms with Gasteiger partial charge in [0.05, 0.1) is 0 Å². The molecule has 0 amide bonds. The second-order valence-corrected chi connectivity index (χ2v) is 5.01. The van der Waals surface area contributed by atoms with Crippen molar-refractivity contribution in [3.05, 3.63) is 124 Å². The van der Waals surface area contributed by atoms with Crippen LogP contribution in [0.15, 0.2) is 66.7 Å². The summed E-state index contributed by atoms with van der Waals surface area (Å²) in [6.07, 6.45) is 1.19. The average Bonchev–Trinajstić information content (AvgIpc) is 3.02. The molecule has 0 fully saturated rings. The van der Waals surface area contributed by atoms with Crippen LogP contribution in [0.4, 0.5) is 0 Å². The predicted octanol–water partition coefficient (Wildman–Crippen LogP) is 8.31. The summed E-state index contributed by atoms with van der Waals surface area (Å²) in [5, 5.41) is 2.80. The van der Waals surface area contributed by atoms with Gasteiger partial charge in [-0.3, -0.25) is 0 Å². The third-order valence-corrected chi connectivity index (χ3v) is 2.95. The van der Waals surface area contributed by atoms with E-state index in [9.17, 15) is 0 Å². The van der Waals surface area contributed by atoms with Crippen LogP contribution in [0.5, 0.6) is 0 Å². The molecule has 0 aliphatic rings. The van der Waals surface area contributed by atoms with E-state index >= 15 is 0 Å². The Morgan fingerprint density at radius 3 is 1.69 bits per heavy atom. The van der Waals surface area contributed by atoms with E-state index in [1.807, 2.05) is 30.3 Å². The molecule has 154 valence electrons. The smallest absolute Gasteiger partial charge is 0 e. The Morgan fingerprint density at radius 1 is 0.769 bits per heavy atom. The van der Waals surface area contributed by atoms with Crippen LogP contribution >= 0.6 is 0 Å². The molecule has 0 nitrogen and oxygen atoms in total. The van der Waals surface area contributed by atoms with E-state index in [4.69, 9.17) is 0 Å². The Balaban J connectivity index is -0.0000000500. The van der Waals surface area contributed by atoms with Crippen molar-refractivity contribution >= 4 is 10.8 Å². The molecule has 0 radical (unpaired) electrons. The molecule has 0 heterocycles. The molecule has 0 aliphatic heterocycles. The van der Waals surface area contributed by atoms with Gasteiger partial charge in [-0.1, -0.05) is 32.3 Å². The van der Waals surface area contributed by atoms with E-state index in [-0.39, 0.29) is 77.8 Å². The minimum Gasteiger partial charge on any atom is -0.358 e. The summed E-state index contributed by atoms with van der Waals surface area (Å²) >= 11 is 0. The van der Waals surface area contributed by atoms with Crippen molar-refractivity contribution in [1.29, 1.82) is 0 Å². The normalized spacial score (nSPS) is 7.19. The zero-order valence-corrected chi connectivity index (χ0v) is 22.2. The topological polar surface area (TPSA) is 0 Å². The molecule has 0 aromatic heterocycles. The van der Waals surface area contributed by atoms with E-state index < -0.39 is 0 Å². The van der Waals surface area contributed by atoms with Gasteiger partial charge in [0, 0.05) is 25.8 Å². The Morgan fingerprint density at radius 2 is 1.27 bits per heavy atom. The van der Waals surface area contributed by atoms with Crippen molar-refractivity contribution < 1.29 is 25.8 Å². The largest absolute Gasteiger partial charge is 0.358 e. The number of rotatable bonds is 2. The second kappa shape index (κ2) is 24.1. The maximum atomic E-state index is 2.27. The van der Waals surface area contributed by atoms with Gasteiger partial charge >= 0.3 is 0 Å². The maximum absolute atomic E-state index is 2.27. The van der Waals surface area contributed by atoms with Gasteiger partial charge in [-0.2, -0.15) is 24.3 Å². The third-order valence-electron chi connectivity index (χ3n) is 2.95. The summed E-state index contributed by atoms with van der Waals surface area (Å²) < 4.78 is 0. The van der Waals surface area contributed by atoms with E-state index in [2.05, 4.69) is 50.2 Å². The minimum absolute atomic E-state index is 0. The summed E-state index contributed by atoms with van der Waals surface area (Å²) in [6, 6.07) is 23.1. The van der Waals surface area contributed by atoms with Crippen LogP contribution in [0.1, 0.15) is 19.4 Å². The van der Waals surface area contributed by atoms with Gasteiger partial charge in [-0.15, -0.1) is 40.6 Å². The van der Waals surface area contributed by atoms with Gasteiger partial charge in [-0.05, 0) is 0 Å². The maximum Gasteiger partial charge on any atom is 0 e. The molecule has 3 aromatic rings. The summed E-state index contributed by atoms with van der Waals surface area (Å²) in [5.41, 5.74) is 1.49. The number of hydrogen-bond donors (Lipinski definition) is 0. The quantitative estimate of drug-likeness (QED) is 0.236. The molecule has 0 atom stereocenters. The van der Waals surface area contributed by atoms with E-state index in [1.54, 1.807) is 0 Å². The molecule has 1 heteroatoms. The van der Waals surface area contributed by atoms with Gasteiger partial charge < -0.3 is 52.0 Å². The Labute approximate surface area is 186 Å². The van der Waals surface area contributed by atoms with Crippen molar-refractivity contribution in [2.24, 2.45) is 5.92 Å². The SMILES string of the molecule is CC(C)C[c-]1ccc2ccccc21.[CH3-].[CH3-].[CH3-].[CH3-].[CH3-].[CH3-].[CH3-].[Hf].c1cc[cH-]c1. The molecular weight excluding hydrogens is 479 g/mol. The first-order valence-electron chi connectivity index (χ1n) is 6.57. The second-order valence-electron chi connectivity index (χ2n) is 5.01. The fraction of sp³-hybridized carbons (Fsp3) is 0.160. The zero-order valence-electron chi connectivity index (χ0n) is 18.6. The van der Waals surface area contributed by atoms with Crippen LogP contribution in [0.2, 0.25) is 0 Å². The molecule has 0 saturated heterocycles. The summed E-state index contributed by atoms with van der Waals surface area (Å²) in [5.74, 6) is 0.741. The molecule has 3 aromatic carbocycles. The molecule has 26 heavy (non-hydrogen) atoms. The van der Waals surface area contributed by atoms with E-state index in [0.29, 0.717) is 0 Å². The van der Waals surface area contributed by atoms with Crippen molar-refractivity contribution in [3.63, 3.8) is 0 Å². The molecule has 0 bridgehead atoms. The minimum atomic E-state index is 0. The van der Waals surface area contributed by atoms with Crippen molar-refractivity contribution in [3.8, 4) is 0 Å². The molecular formula is C25H41Hf-9. The molecule has 0 unspecified atom stereocenters. The van der Waals surface area contributed by atoms with Crippen LogP contribution in [0.3, 0.4) is 0 Å². The Kier molecular flexibility index (Phi) is 41.1. The molecule has 0 N–H and O–H groups in total. The zero-order chi connectivity index (χ0) is 12.8. The van der Waals surface area contributed by atoms with Crippen LogP contribution in [-0.2, 0) is 32.3 Å². The first kappa shape index (κ1) is 44.5. The molecule has 3 rings (SSSR count). The first-order valence-corrected chi connectivity index (χ1v) is 6.57. The molecule has 0 aliphatic carbocycles. The van der Waals surface area contributed by atoms with E-state index in [0.717, 1.165) is 5.92 Å². The fourth-order valence-corrected chi connectivity index (χ4v) is 2.15. The number of benzene rings is 1. The molecule has 0 saturated carbocycles. The fourth-order valence-electron chi connectivity index (χ4n) is 2.15. The van der Waals surface area contributed by atoms with Crippen LogP contribution in [0.25, 0.3) is 10.8 Å². The van der Waals surface area contributed by atoms with Gasteiger partial charge in [-0.25, -0.2) is 12.1 Å². The summed E-state index contributed by atoms with van der Waals surface area (Å²) in [4.78, 5) is 0. The van der Waals surface area contributed by atoms with Crippen molar-refractivity contribution in [1.82, 2.24) is 0 Å². The van der Waals surface area contributed by atoms with Gasteiger partial charge in [0.15, 0.2) is 0 Å². The van der Waals surface area contributed by atoms with Crippen molar-refractivity contribution in [2.45, 2.75) is 20.3 Å². The van der Waals surface area contributed by atoms with Crippen LogP contribution in [0, 0.1) is 57.9 Å². The van der Waals surface area contributed by atoms with Crippen LogP contribution < -0.4 is 0 Å². The Hall–Kier alpha value is -0.950. The van der Waals surface area contributed by atoms with Gasteiger partial charge in [0.1, 0.15) is 0 Å². The predicted molar refractivity (Wildman–Crippen MR) is 125 cm³/mol. The Bertz CT molecular complexity index is 541.